The maximum absolute atomic E-state index is 12.3. The molecule has 3 rings (SSSR count). The van der Waals surface area contributed by atoms with Gasteiger partial charge < -0.3 is 14.6 Å². The van der Waals surface area contributed by atoms with Gasteiger partial charge in [-0.1, -0.05) is 0 Å². The van der Waals surface area contributed by atoms with Crippen molar-refractivity contribution in [2.45, 2.75) is 33.0 Å². The first kappa shape index (κ1) is 13.8. The minimum Gasteiger partial charge on any atom is -0.376 e. The van der Waals surface area contributed by atoms with Gasteiger partial charge in [0.2, 0.25) is 0 Å². The third kappa shape index (κ3) is 2.82. The summed E-state index contributed by atoms with van der Waals surface area (Å²) in [5.74, 6) is -0.135. The van der Waals surface area contributed by atoms with Crippen LogP contribution in [0.5, 0.6) is 0 Å². The average Bonchev–Trinajstić information content (AvgIpc) is 3.14. The number of carbonyl (C=O) groups is 1. The zero-order valence-electron chi connectivity index (χ0n) is 12.1. The van der Waals surface area contributed by atoms with Crippen molar-refractivity contribution in [2.75, 3.05) is 13.2 Å². The van der Waals surface area contributed by atoms with Crippen LogP contribution in [-0.4, -0.2) is 38.4 Å². The fourth-order valence-corrected chi connectivity index (χ4v) is 2.55. The van der Waals surface area contributed by atoms with Crippen molar-refractivity contribution in [2.24, 2.45) is 0 Å². The fourth-order valence-electron chi connectivity index (χ4n) is 2.55. The highest BCUT2D eigenvalue weighted by Gasteiger charge is 2.24. The highest BCUT2D eigenvalue weighted by Crippen LogP contribution is 2.20. The summed E-state index contributed by atoms with van der Waals surface area (Å²) in [4.78, 5) is 16.3. The number of nitrogens with one attached hydrogen (secondary N) is 1. The molecule has 0 saturated heterocycles. The second kappa shape index (κ2) is 6.09. The maximum atomic E-state index is 12.3. The van der Waals surface area contributed by atoms with Crippen LogP contribution in [0.1, 0.15) is 28.7 Å². The largest absolute Gasteiger partial charge is 0.376 e. The zero-order valence-corrected chi connectivity index (χ0v) is 12.1. The Morgan fingerprint density at radius 2 is 2.43 bits per heavy atom. The predicted octanol–water partition coefficient (Wildman–Crippen LogP) is 0.602. The van der Waals surface area contributed by atoms with E-state index in [1.807, 2.05) is 22.4 Å². The van der Waals surface area contributed by atoms with E-state index in [1.165, 1.54) is 0 Å². The highest BCUT2D eigenvalue weighted by molar-refractivity contribution is 5.94. The monoisotopic (exact) mass is 289 g/mol. The van der Waals surface area contributed by atoms with E-state index in [1.54, 1.807) is 12.5 Å². The van der Waals surface area contributed by atoms with Crippen LogP contribution in [0.25, 0.3) is 0 Å². The van der Waals surface area contributed by atoms with Crippen LogP contribution in [-0.2, 0) is 30.9 Å². The molecule has 7 nitrogen and oxygen atoms in total. The third-order valence-corrected chi connectivity index (χ3v) is 3.63. The van der Waals surface area contributed by atoms with Crippen LogP contribution >= 0.6 is 0 Å². The maximum Gasteiger partial charge on any atom is 0.272 e. The number of amides is 1. The van der Waals surface area contributed by atoms with Crippen LogP contribution in [0.15, 0.2) is 18.7 Å². The number of aromatic nitrogens is 4. The summed E-state index contributed by atoms with van der Waals surface area (Å²) in [7, 11) is 0. The van der Waals surface area contributed by atoms with E-state index in [4.69, 9.17) is 4.74 Å². The average molecular weight is 289 g/mol. The number of nitrogens with zero attached hydrogens (tertiary/aromatic N) is 4. The van der Waals surface area contributed by atoms with E-state index in [0.29, 0.717) is 32.0 Å². The molecule has 1 amide bonds. The fraction of sp³-hybridized carbons (Fsp3) is 0.500. The summed E-state index contributed by atoms with van der Waals surface area (Å²) >= 11 is 0. The highest BCUT2D eigenvalue weighted by atomic mass is 16.5. The SMILES string of the molecule is CCn1nc(C(=O)NCCn2ccnc2)c2c1CCOC2. The molecule has 7 heteroatoms. The summed E-state index contributed by atoms with van der Waals surface area (Å²) in [6, 6.07) is 0. The lowest BCUT2D eigenvalue weighted by Gasteiger charge is -2.14. The van der Waals surface area contributed by atoms with Gasteiger partial charge in [-0.2, -0.15) is 5.10 Å². The van der Waals surface area contributed by atoms with E-state index < -0.39 is 0 Å². The van der Waals surface area contributed by atoms with Crippen LogP contribution in [0.3, 0.4) is 0 Å². The van der Waals surface area contributed by atoms with Crippen molar-refractivity contribution < 1.29 is 9.53 Å². The van der Waals surface area contributed by atoms with Crippen LogP contribution in [0.4, 0.5) is 0 Å². The molecule has 0 fully saturated rings. The standard InChI is InChI=1S/C14H19N5O2/c1-2-19-12-3-8-21-9-11(12)13(17-19)14(20)16-5-7-18-6-4-15-10-18/h4,6,10H,2-3,5,7-9H2,1H3,(H,16,20). The first-order valence-electron chi connectivity index (χ1n) is 7.20. The normalized spacial score (nSPS) is 14.0. The van der Waals surface area contributed by atoms with Gasteiger partial charge in [0.05, 0.1) is 19.5 Å². The molecule has 0 atom stereocenters. The van der Waals surface area contributed by atoms with Crippen molar-refractivity contribution in [3.05, 3.63) is 35.7 Å². The van der Waals surface area contributed by atoms with E-state index in [0.717, 1.165) is 24.2 Å². The smallest absolute Gasteiger partial charge is 0.272 e. The molecule has 0 aliphatic carbocycles. The predicted molar refractivity (Wildman–Crippen MR) is 75.8 cm³/mol. The van der Waals surface area contributed by atoms with E-state index >= 15 is 0 Å². The van der Waals surface area contributed by atoms with Crippen molar-refractivity contribution in [1.29, 1.82) is 0 Å². The molecule has 3 heterocycles. The topological polar surface area (TPSA) is 74.0 Å². The molecule has 0 saturated carbocycles. The lowest BCUT2D eigenvalue weighted by molar-refractivity contribution is 0.0924. The van der Waals surface area contributed by atoms with E-state index in [2.05, 4.69) is 15.4 Å². The van der Waals surface area contributed by atoms with E-state index in [9.17, 15) is 4.79 Å². The number of hydrogen-bond donors (Lipinski definition) is 1. The van der Waals surface area contributed by atoms with Gasteiger partial charge in [0, 0.05) is 49.7 Å². The minimum absolute atomic E-state index is 0.135. The molecule has 1 aliphatic rings. The first-order valence-corrected chi connectivity index (χ1v) is 7.20. The Kier molecular flexibility index (Phi) is 4.01. The Morgan fingerprint density at radius 3 is 3.19 bits per heavy atom. The number of carbonyl (C=O) groups excluding carboxylic acids is 1. The summed E-state index contributed by atoms with van der Waals surface area (Å²) in [6.45, 7) is 5.21. The molecular weight excluding hydrogens is 270 g/mol. The van der Waals surface area contributed by atoms with Crippen LogP contribution < -0.4 is 5.32 Å². The van der Waals surface area contributed by atoms with Gasteiger partial charge in [-0.05, 0) is 6.92 Å². The van der Waals surface area contributed by atoms with Gasteiger partial charge in [0.15, 0.2) is 5.69 Å². The van der Waals surface area contributed by atoms with Gasteiger partial charge in [-0.3, -0.25) is 9.48 Å². The van der Waals surface area contributed by atoms with Crippen molar-refractivity contribution in [3.63, 3.8) is 0 Å². The Hall–Kier alpha value is -2.15. The molecule has 0 unspecified atom stereocenters. The molecular formula is C14H19N5O2. The van der Waals surface area contributed by atoms with Crippen LogP contribution in [0.2, 0.25) is 0 Å². The Labute approximate surface area is 122 Å². The summed E-state index contributed by atoms with van der Waals surface area (Å²) in [5.41, 5.74) is 2.56. The molecule has 0 aromatic carbocycles. The first-order chi connectivity index (χ1) is 10.3. The number of imidazole rings is 1. The molecule has 2 aromatic heterocycles. The van der Waals surface area contributed by atoms with Gasteiger partial charge >= 0.3 is 0 Å². The molecule has 0 radical (unpaired) electrons. The zero-order chi connectivity index (χ0) is 14.7. The molecule has 112 valence electrons. The van der Waals surface area contributed by atoms with Gasteiger partial charge in [0.25, 0.3) is 5.91 Å². The van der Waals surface area contributed by atoms with Crippen molar-refractivity contribution in [1.82, 2.24) is 24.6 Å². The quantitative estimate of drug-likeness (QED) is 0.875. The number of aryl methyl sites for hydroxylation is 1. The van der Waals surface area contributed by atoms with Crippen molar-refractivity contribution >= 4 is 5.91 Å². The molecule has 0 bridgehead atoms. The summed E-state index contributed by atoms with van der Waals surface area (Å²) < 4.78 is 9.29. The second-order valence-electron chi connectivity index (χ2n) is 4.95. The Bertz CT molecular complexity index is 618. The minimum atomic E-state index is -0.135. The van der Waals surface area contributed by atoms with Crippen molar-refractivity contribution in [3.8, 4) is 0 Å². The molecule has 2 aromatic rings. The molecule has 1 aliphatic heterocycles. The summed E-state index contributed by atoms with van der Waals surface area (Å²) in [6.07, 6.45) is 6.14. The number of fused-ring (bicyclic) bond motifs is 1. The van der Waals surface area contributed by atoms with Gasteiger partial charge in [-0.25, -0.2) is 4.98 Å². The number of rotatable bonds is 5. The molecule has 0 spiro atoms. The third-order valence-electron chi connectivity index (χ3n) is 3.63. The lowest BCUT2D eigenvalue weighted by atomic mass is 10.1. The second-order valence-corrected chi connectivity index (χ2v) is 4.95. The van der Waals surface area contributed by atoms with Gasteiger partial charge in [-0.15, -0.1) is 0 Å². The summed E-state index contributed by atoms with van der Waals surface area (Å²) in [5, 5.41) is 7.34. The van der Waals surface area contributed by atoms with E-state index in [-0.39, 0.29) is 5.91 Å². The Morgan fingerprint density at radius 1 is 1.52 bits per heavy atom. The lowest BCUT2D eigenvalue weighted by Crippen LogP contribution is -2.28. The van der Waals surface area contributed by atoms with Gasteiger partial charge in [0.1, 0.15) is 0 Å². The molecule has 21 heavy (non-hydrogen) atoms. The van der Waals surface area contributed by atoms with Crippen LogP contribution in [0, 0.1) is 0 Å². The number of ether oxygens (including phenoxy) is 1. The Balaban J connectivity index is 1.68. The molecule has 1 N–H and O–H groups in total. The number of hydrogen-bond acceptors (Lipinski definition) is 4.